The monoisotopic (exact) mass is 230 g/mol. The highest BCUT2D eigenvalue weighted by Crippen LogP contribution is 2.19. The fraction of sp³-hybridized carbons (Fsp3) is 0.500. The standard InChI is InChI=1S/C14H18N2O/c15-9-1-2-10-17-14-7-3-12(4-8-14)11-16-13-5-6-13/h3-4,7-8,13,16H,1-2,5-6,10-11H2. The number of hydrogen-bond acceptors (Lipinski definition) is 3. The first-order valence-electron chi connectivity index (χ1n) is 6.20. The second kappa shape index (κ2) is 6.27. The van der Waals surface area contributed by atoms with Crippen LogP contribution in [0.1, 0.15) is 31.2 Å². The summed E-state index contributed by atoms with van der Waals surface area (Å²) in [4.78, 5) is 0. The van der Waals surface area contributed by atoms with Crippen LogP contribution in [-0.2, 0) is 6.54 Å². The highest BCUT2D eigenvalue weighted by molar-refractivity contribution is 5.27. The lowest BCUT2D eigenvalue weighted by atomic mass is 10.2. The van der Waals surface area contributed by atoms with Gasteiger partial charge in [0.1, 0.15) is 5.75 Å². The maximum atomic E-state index is 8.40. The summed E-state index contributed by atoms with van der Waals surface area (Å²) >= 11 is 0. The van der Waals surface area contributed by atoms with E-state index in [1.807, 2.05) is 12.1 Å². The number of hydrogen-bond donors (Lipinski definition) is 1. The van der Waals surface area contributed by atoms with Crippen LogP contribution < -0.4 is 10.1 Å². The average molecular weight is 230 g/mol. The van der Waals surface area contributed by atoms with Gasteiger partial charge in [0.15, 0.2) is 0 Å². The van der Waals surface area contributed by atoms with E-state index in [4.69, 9.17) is 10.00 Å². The average Bonchev–Trinajstić information content (AvgIpc) is 3.18. The third-order valence-electron chi connectivity index (χ3n) is 2.80. The molecular formula is C14H18N2O. The van der Waals surface area contributed by atoms with Crippen molar-refractivity contribution in [3.63, 3.8) is 0 Å². The molecule has 0 bridgehead atoms. The Morgan fingerprint density at radius 1 is 1.29 bits per heavy atom. The molecule has 2 rings (SSSR count). The topological polar surface area (TPSA) is 45.0 Å². The quantitative estimate of drug-likeness (QED) is 0.732. The Kier molecular flexibility index (Phi) is 4.40. The maximum absolute atomic E-state index is 8.40. The SMILES string of the molecule is N#CCCCOc1ccc(CNC2CC2)cc1. The van der Waals surface area contributed by atoms with Gasteiger partial charge in [-0.1, -0.05) is 12.1 Å². The van der Waals surface area contributed by atoms with Crippen LogP contribution in [0.5, 0.6) is 5.75 Å². The molecule has 90 valence electrons. The van der Waals surface area contributed by atoms with Gasteiger partial charge in [-0.2, -0.15) is 5.26 Å². The molecule has 3 heteroatoms. The van der Waals surface area contributed by atoms with Gasteiger partial charge in [-0.3, -0.25) is 0 Å². The fourth-order valence-electron chi connectivity index (χ4n) is 1.59. The summed E-state index contributed by atoms with van der Waals surface area (Å²) in [5.74, 6) is 0.887. The normalized spacial score (nSPS) is 14.3. The van der Waals surface area contributed by atoms with Crippen molar-refractivity contribution < 1.29 is 4.74 Å². The van der Waals surface area contributed by atoms with Gasteiger partial charge in [0, 0.05) is 19.0 Å². The van der Waals surface area contributed by atoms with E-state index in [1.54, 1.807) is 0 Å². The minimum Gasteiger partial charge on any atom is -0.494 e. The predicted molar refractivity (Wildman–Crippen MR) is 66.6 cm³/mol. The van der Waals surface area contributed by atoms with Gasteiger partial charge in [-0.15, -0.1) is 0 Å². The maximum Gasteiger partial charge on any atom is 0.119 e. The molecule has 0 spiro atoms. The van der Waals surface area contributed by atoms with Crippen LogP contribution in [0.15, 0.2) is 24.3 Å². The summed E-state index contributed by atoms with van der Waals surface area (Å²) in [5, 5.41) is 11.9. The number of nitrogens with one attached hydrogen (secondary N) is 1. The molecular weight excluding hydrogens is 212 g/mol. The molecule has 0 radical (unpaired) electrons. The van der Waals surface area contributed by atoms with Gasteiger partial charge in [0.05, 0.1) is 12.7 Å². The summed E-state index contributed by atoms with van der Waals surface area (Å²) in [6, 6.07) is 11.0. The van der Waals surface area contributed by atoms with Crippen LogP contribution >= 0.6 is 0 Å². The Hall–Kier alpha value is -1.53. The molecule has 1 aromatic rings. The molecule has 0 aromatic heterocycles. The number of unbranched alkanes of at least 4 members (excludes halogenated alkanes) is 1. The van der Waals surface area contributed by atoms with Crippen LogP contribution in [0, 0.1) is 11.3 Å². The summed E-state index contributed by atoms with van der Waals surface area (Å²) in [6.45, 7) is 1.56. The molecule has 1 fully saturated rings. The number of nitriles is 1. The molecule has 1 aromatic carbocycles. The van der Waals surface area contributed by atoms with Gasteiger partial charge in [0.25, 0.3) is 0 Å². The van der Waals surface area contributed by atoms with E-state index in [0.717, 1.165) is 24.8 Å². The zero-order valence-corrected chi connectivity index (χ0v) is 9.98. The van der Waals surface area contributed by atoms with Crippen molar-refractivity contribution in [3.8, 4) is 11.8 Å². The van der Waals surface area contributed by atoms with Crippen LogP contribution in [0.4, 0.5) is 0 Å². The molecule has 1 saturated carbocycles. The molecule has 0 aliphatic heterocycles. The van der Waals surface area contributed by atoms with Gasteiger partial charge >= 0.3 is 0 Å². The summed E-state index contributed by atoms with van der Waals surface area (Å²) in [7, 11) is 0. The number of benzene rings is 1. The Morgan fingerprint density at radius 3 is 2.71 bits per heavy atom. The number of nitrogens with zero attached hydrogens (tertiary/aromatic N) is 1. The van der Waals surface area contributed by atoms with Crippen molar-refractivity contribution >= 4 is 0 Å². The first-order chi connectivity index (χ1) is 8.38. The lowest BCUT2D eigenvalue weighted by Crippen LogP contribution is -2.15. The van der Waals surface area contributed by atoms with Crippen molar-refractivity contribution in [3.05, 3.63) is 29.8 Å². The van der Waals surface area contributed by atoms with Crippen molar-refractivity contribution in [1.29, 1.82) is 5.26 Å². The molecule has 0 heterocycles. The van der Waals surface area contributed by atoms with Crippen molar-refractivity contribution in [2.75, 3.05) is 6.61 Å². The van der Waals surface area contributed by atoms with E-state index in [2.05, 4.69) is 23.5 Å². The predicted octanol–water partition coefficient (Wildman–Crippen LogP) is 2.62. The lowest BCUT2D eigenvalue weighted by Gasteiger charge is -2.06. The van der Waals surface area contributed by atoms with E-state index >= 15 is 0 Å². The highest BCUT2D eigenvalue weighted by atomic mass is 16.5. The smallest absolute Gasteiger partial charge is 0.119 e. The van der Waals surface area contributed by atoms with Crippen LogP contribution in [-0.4, -0.2) is 12.6 Å². The van der Waals surface area contributed by atoms with Gasteiger partial charge in [-0.25, -0.2) is 0 Å². The third-order valence-corrected chi connectivity index (χ3v) is 2.80. The van der Waals surface area contributed by atoms with E-state index in [-0.39, 0.29) is 0 Å². The van der Waals surface area contributed by atoms with Gasteiger partial charge < -0.3 is 10.1 Å². The minimum atomic E-state index is 0.559. The molecule has 1 N–H and O–H groups in total. The summed E-state index contributed by atoms with van der Waals surface area (Å²) in [6.07, 6.45) is 3.99. The lowest BCUT2D eigenvalue weighted by molar-refractivity contribution is 0.312. The summed E-state index contributed by atoms with van der Waals surface area (Å²) < 4.78 is 5.53. The van der Waals surface area contributed by atoms with E-state index in [9.17, 15) is 0 Å². The van der Waals surface area contributed by atoms with Crippen molar-refractivity contribution in [2.24, 2.45) is 0 Å². The molecule has 17 heavy (non-hydrogen) atoms. The van der Waals surface area contributed by atoms with Crippen molar-refractivity contribution in [2.45, 2.75) is 38.3 Å². The van der Waals surface area contributed by atoms with Crippen LogP contribution in [0.3, 0.4) is 0 Å². The third kappa shape index (κ3) is 4.46. The molecule has 0 saturated heterocycles. The molecule has 1 aliphatic carbocycles. The fourth-order valence-corrected chi connectivity index (χ4v) is 1.59. The minimum absolute atomic E-state index is 0.559. The molecule has 3 nitrogen and oxygen atoms in total. The second-order valence-electron chi connectivity index (χ2n) is 4.41. The van der Waals surface area contributed by atoms with Gasteiger partial charge in [-0.05, 0) is 37.0 Å². The Morgan fingerprint density at radius 2 is 2.06 bits per heavy atom. The van der Waals surface area contributed by atoms with E-state index in [1.165, 1.54) is 18.4 Å². The zero-order chi connectivity index (χ0) is 11.9. The van der Waals surface area contributed by atoms with E-state index < -0.39 is 0 Å². The Labute approximate surface area is 102 Å². The number of rotatable bonds is 7. The van der Waals surface area contributed by atoms with Crippen LogP contribution in [0.25, 0.3) is 0 Å². The number of ether oxygens (including phenoxy) is 1. The Balaban J connectivity index is 1.70. The second-order valence-corrected chi connectivity index (χ2v) is 4.41. The summed E-state index contributed by atoms with van der Waals surface area (Å²) in [5.41, 5.74) is 1.29. The first kappa shape index (κ1) is 11.9. The largest absolute Gasteiger partial charge is 0.494 e. The van der Waals surface area contributed by atoms with E-state index in [0.29, 0.717) is 13.0 Å². The highest BCUT2D eigenvalue weighted by Gasteiger charge is 2.19. The molecule has 1 aliphatic rings. The Bertz CT molecular complexity index is 376. The van der Waals surface area contributed by atoms with Gasteiger partial charge in [0.2, 0.25) is 0 Å². The molecule has 0 unspecified atom stereocenters. The van der Waals surface area contributed by atoms with Crippen LogP contribution in [0.2, 0.25) is 0 Å². The first-order valence-corrected chi connectivity index (χ1v) is 6.20. The molecule has 0 amide bonds. The zero-order valence-electron chi connectivity index (χ0n) is 9.98. The van der Waals surface area contributed by atoms with Crippen molar-refractivity contribution in [1.82, 2.24) is 5.32 Å². The molecule has 0 atom stereocenters.